The van der Waals surface area contributed by atoms with Crippen molar-refractivity contribution in [2.75, 3.05) is 11.5 Å². The molecule has 1 aromatic heterocycles. The number of hydrogen-bond donors (Lipinski definition) is 1. The van der Waals surface area contributed by atoms with Gasteiger partial charge in [-0.05, 0) is 55.8 Å². The van der Waals surface area contributed by atoms with Gasteiger partial charge < -0.3 is 9.72 Å². The molecule has 1 aliphatic heterocycles. The lowest BCUT2D eigenvalue weighted by Gasteiger charge is -2.26. The predicted molar refractivity (Wildman–Crippen MR) is 121 cm³/mol. The third kappa shape index (κ3) is 3.01. The molecule has 0 radical (unpaired) electrons. The van der Waals surface area contributed by atoms with Gasteiger partial charge in [-0.15, -0.1) is 0 Å². The van der Waals surface area contributed by atoms with Crippen LogP contribution in [0.5, 0.6) is 0 Å². The monoisotopic (exact) mass is 410 g/mol. The van der Waals surface area contributed by atoms with Gasteiger partial charge in [-0.1, -0.05) is 36.4 Å². The number of benzene rings is 3. The van der Waals surface area contributed by atoms with Crippen LogP contribution in [0, 0.1) is 6.92 Å². The predicted octanol–water partition coefficient (Wildman–Crippen LogP) is 5.40. The fourth-order valence-electron chi connectivity index (χ4n) is 4.49. The van der Waals surface area contributed by atoms with E-state index in [4.69, 9.17) is 4.74 Å². The lowest BCUT2D eigenvalue weighted by atomic mass is 9.95. The van der Waals surface area contributed by atoms with Crippen molar-refractivity contribution in [3.8, 4) is 0 Å². The SMILES string of the molecule is CCOC(=O)c1ccc(N2C(=O)c3ccccc3[C@@H]2c2c(C)[nH]c3ccccc23)cc1. The highest BCUT2D eigenvalue weighted by atomic mass is 16.5. The van der Waals surface area contributed by atoms with Crippen molar-refractivity contribution in [1.29, 1.82) is 0 Å². The van der Waals surface area contributed by atoms with Crippen LogP contribution < -0.4 is 4.90 Å². The molecule has 1 N–H and O–H groups in total. The molecule has 1 amide bonds. The van der Waals surface area contributed by atoms with Crippen molar-refractivity contribution < 1.29 is 14.3 Å². The van der Waals surface area contributed by atoms with Gasteiger partial charge in [0.15, 0.2) is 0 Å². The summed E-state index contributed by atoms with van der Waals surface area (Å²) in [6, 6.07) is 22.7. The van der Waals surface area contributed by atoms with E-state index < -0.39 is 0 Å². The summed E-state index contributed by atoms with van der Waals surface area (Å²) < 4.78 is 5.09. The van der Waals surface area contributed by atoms with Gasteiger partial charge in [-0.3, -0.25) is 9.69 Å². The summed E-state index contributed by atoms with van der Waals surface area (Å²) in [5.74, 6) is -0.414. The highest BCUT2D eigenvalue weighted by molar-refractivity contribution is 6.12. The molecule has 31 heavy (non-hydrogen) atoms. The number of nitrogens with one attached hydrogen (secondary N) is 1. The Labute approximate surface area is 180 Å². The molecule has 3 aromatic carbocycles. The zero-order chi connectivity index (χ0) is 21.5. The summed E-state index contributed by atoms with van der Waals surface area (Å²) >= 11 is 0. The van der Waals surface area contributed by atoms with E-state index in [2.05, 4.69) is 11.1 Å². The highest BCUT2D eigenvalue weighted by Crippen LogP contribution is 2.44. The first kappa shape index (κ1) is 19.1. The summed E-state index contributed by atoms with van der Waals surface area (Å²) in [5.41, 5.74) is 6.05. The summed E-state index contributed by atoms with van der Waals surface area (Å²) in [6.45, 7) is 4.14. The lowest BCUT2D eigenvalue weighted by molar-refractivity contribution is 0.0526. The summed E-state index contributed by atoms with van der Waals surface area (Å²) in [5, 5.41) is 1.10. The van der Waals surface area contributed by atoms with Gasteiger partial charge in [-0.25, -0.2) is 4.79 Å². The molecule has 0 spiro atoms. The lowest BCUT2D eigenvalue weighted by Crippen LogP contribution is -2.28. The number of H-pyrrole nitrogens is 1. The Kier molecular flexibility index (Phi) is 4.59. The first-order valence-electron chi connectivity index (χ1n) is 10.4. The standard InChI is InChI=1S/C26H22N2O3/c1-3-31-26(30)17-12-14-18(15-13-17)28-24(19-8-4-5-9-20(19)25(28)29)23-16(2)27-22-11-7-6-10-21(22)23/h4-15,24,27H,3H2,1-2H3/t24-/m1/s1. The van der Waals surface area contributed by atoms with E-state index in [1.807, 2.05) is 66.4 Å². The van der Waals surface area contributed by atoms with Crippen LogP contribution in [0.15, 0.2) is 72.8 Å². The first-order chi connectivity index (χ1) is 15.1. The molecular formula is C26H22N2O3. The number of esters is 1. The van der Waals surface area contributed by atoms with E-state index in [9.17, 15) is 9.59 Å². The molecule has 1 aliphatic rings. The van der Waals surface area contributed by atoms with Gasteiger partial charge in [0.05, 0.1) is 18.2 Å². The van der Waals surface area contributed by atoms with Crippen LogP contribution in [-0.4, -0.2) is 23.5 Å². The van der Waals surface area contributed by atoms with Gasteiger partial charge in [0.2, 0.25) is 0 Å². The number of carbonyl (C=O) groups is 2. The number of amides is 1. The van der Waals surface area contributed by atoms with Crippen molar-refractivity contribution in [3.63, 3.8) is 0 Å². The Morgan fingerprint density at radius 3 is 2.48 bits per heavy atom. The average molecular weight is 410 g/mol. The second kappa shape index (κ2) is 7.43. The number of carbonyl (C=O) groups excluding carboxylic acids is 2. The summed E-state index contributed by atoms with van der Waals surface area (Å²) in [4.78, 5) is 30.8. The van der Waals surface area contributed by atoms with Gasteiger partial charge in [-0.2, -0.15) is 0 Å². The topological polar surface area (TPSA) is 62.4 Å². The van der Waals surface area contributed by atoms with E-state index in [0.717, 1.165) is 33.4 Å². The summed E-state index contributed by atoms with van der Waals surface area (Å²) in [6.07, 6.45) is 0. The zero-order valence-electron chi connectivity index (χ0n) is 17.4. The number of aryl methyl sites for hydroxylation is 1. The van der Waals surface area contributed by atoms with Crippen LogP contribution in [0.1, 0.15) is 50.5 Å². The van der Waals surface area contributed by atoms with Gasteiger partial charge in [0.25, 0.3) is 5.91 Å². The van der Waals surface area contributed by atoms with Crippen LogP contribution in [0.3, 0.4) is 0 Å². The first-order valence-corrected chi connectivity index (χ1v) is 10.4. The second-order valence-electron chi connectivity index (χ2n) is 7.64. The van der Waals surface area contributed by atoms with Crippen LogP contribution in [-0.2, 0) is 4.74 Å². The van der Waals surface area contributed by atoms with Crippen molar-refractivity contribution in [3.05, 3.63) is 101 Å². The molecule has 0 fully saturated rings. The molecule has 4 aromatic rings. The quantitative estimate of drug-likeness (QED) is 0.458. The van der Waals surface area contributed by atoms with Gasteiger partial charge >= 0.3 is 5.97 Å². The van der Waals surface area contributed by atoms with E-state index in [1.165, 1.54) is 0 Å². The van der Waals surface area contributed by atoms with Crippen LogP contribution in [0.4, 0.5) is 5.69 Å². The third-order valence-electron chi connectivity index (χ3n) is 5.84. The average Bonchev–Trinajstić information content (AvgIpc) is 3.27. The molecule has 1 atom stereocenters. The molecule has 154 valence electrons. The molecule has 0 bridgehead atoms. The molecular weight excluding hydrogens is 388 g/mol. The second-order valence-corrected chi connectivity index (χ2v) is 7.64. The number of hydrogen-bond acceptors (Lipinski definition) is 3. The Hall–Kier alpha value is -3.86. The smallest absolute Gasteiger partial charge is 0.338 e. The molecule has 0 unspecified atom stereocenters. The van der Waals surface area contributed by atoms with Crippen molar-refractivity contribution >= 4 is 28.5 Å². The van der Waals surface area contributed by atoms with E-state index in [-0.39, 0.29) is 17.9 Å². The fraction of sp³-hybridized carbons (Fsp3) is 0.154. The van der Waals surface area contributed by atoms with Crippen LogP contribution in [0.25, 0.3) is 10.9 Å². The van der Waals surface area contributed by atoms with Gasteiger partial charge in [0.1, 0.15) is 0 Å². The Balaban J connectivity index is 1.66. The normalized spacial score (nSPS) is 15.4. The Morgan fingerprint density at radius 1 is 1.00 bits per heavy atom. The van der Waals surface area contributed by atoms with E-state index in [1.54, 1.807) is 19.1 Å². The minimum atomic E-state index is -0.367. The number of fused-ring (bicyclic) bond motifs is 2. The molecule has 2 heterocycles. The number of nitrogens with zero attached hydrogens (tertiary/aromatic N) is 1. The minimum Gasteiger partial charge on any atom is -0.462 e. The largest absolute Gasteiger partial charge is 0.462 e. The van der Waals surface area contributed by atoms with Crippen molar-refractivity contribution in [1.82, 2.24) is 4.98 Å². The molecule has 0 saturated heterocycles. The van der Waals surface area contributed by atoms with Crippen LogP contribution >= 0.6 is 0 Å². The fourth-order valence-corrected chi connectivity index (χ4v) is 4.49. The number of aromatic nitrogens is 1. The maximum Gasteiger partial charge on any atom is 0.338 e. The Bertz CT molecular complexity index is 1300. The zero-order valence-corrected chi connectivity index (χ0v) is 17.4. The van der Waals surface area contributed by atoms with Gasteiger partial charge in [0, 0.05) is 33.4 Å². The summed E-state index contributed by atoms with van der Waals surface area (Å²) in [7, 11) is 0. The van der Waals surface area contributed by atoms with Crippen molar-refractivity contribution in [2.24, 2.45) is 0 Å². The minimum absolute atomic E-state index is 0.0471. The molecule has 0 aliphatic carbocycles. The Morgan fingerprint density at radius 2 is 1.71 bits per heavy atom. The highest BCUT2D eigenvalue weighted by Gasteiger charge is 2.40. The number of aromatic amines is 1. The molecule has 0 saturated carbocycles. The number of anilines is 1. The maximum atomic E-state index is 13.5. The number of para-hydroxylation sites is 1. The number of ether oxygens (including phenoxy) is 1. The molecule has 5 nitrogen and oxygen atoms in total. The van der Waals surface area contributed by atoms with Crippen molar-refractivity contribution in [2.45, 2.75) is 19.9 Å². The van der Waals surface area contributed by atoms with Crippen LogP contribution in [0.2, 0.25) is 0 Å². The van der Waals surface area contributed by atoms with E-state index in [0.29, 0.717) is 17.7 Å². The molecule has 5 heteroatoms. The van der Waals surface area contributed by atoms with E-state index >= 15 is 0 Å². The number of rotatable bonds is 4. The third-order valence-corrected chi connectivity index (χ3v) is 5.84. The maximum absolute atomic E-state index is 13.5. The molecule has 5 rings (SSSR count).